The van der Waals surface area contributed by atoms with E-state index >= 15 is 0 Å². The normalized spacial score (nSPS) is 17.2. The standard InChI is InChI=1S/C22H29N3O/c1-3-24(4-2)20-14-12-19(13-15-20)23-22(26)21-11-8-16-25(21)17-18-9-6-5-7-10-18/h5-7,9-10,12-15,21H,3-4,8,11,16-17H2,1-2H3,(H,23,26). The van der Waals surface area contributed by atoms with Crippen molar-refractivity contribution in [2.75, 3.05) is 29.9 Å². The largest absolute Gasteiger partial charge is 0.372 e. The Kier molecular flexibility index (Phi) is 6.29. The van der Waals surface area contributed by atoms with Gasteiger partial charge in [0, 0.05) is 31.0 Å². The Hall–Kier alpha value is -2.33. The first kappa shape index (κ1) is 18.5. The lowest BCUT2D eigenvalue weighted by atomic mass is 10.1. The van der Waals surface area contributed by atoms with E-state index in [2.05, 4.69) is 65.4 Å². The molecule has 1 N–H and O–H groups in total. The number of nitrogens with zero attached hydrogens (tertiary/aromatic N) is 2. The van der Waals surface area contributed by atoms with Crippen LogP contribution in [-0.4, -0.2) is 36.5 Å². The molecule has 0 spiro atoms. The Bertz CT molecular complexity index is 695. The maximum atomic E-state index is 12.8. The van der Waals surface area contributed by atoms with Crippen molar-refractivity contribution in [3.63, 3.8) is 0 Å². The third kappa shape index (κ3) is 4.44. The van der Waals surface area contributed by atoms with Crippen LogP contribution in [0.4, 0.5) is 11.4 Å². The van der Waals surface area contributed by atoms with Gasteiger partial charge in [0.25, 0.3) is 0 Å². The highest BCUT2D eigenvalue weighted by molar-refractivity contribution is 5.95. The number of hydrogen-bond acceptors (Lipinski definition) is 3. The molecule has 0 saturated carbocycles. The molecule has 0 bridgehead atoms. The van der Waals surface area contributed by atoms with Crippen molar-refractivity contribution in [3.05, 3.63) is 60.2 Å². The minimum Gasteiger partial charge on any atom is -0.372 e. The summed E-state index contributed by atoms with van der Waals surface area (Å²) in [6.45, 7) is 8.09. The molecule has 1 fully saturated rings. The third-order valence-electron chi connectivity index (χ3n) is 5.16. The Labute approximate surface area is 156 Å². The molecule has 1 atom stereocenters. The molecule has 1 saturated heterocycles. The molecule has 0 aromatic heterocycles. The number of likely N-dealkylation sites (tertiary alicyclic amines) is 1. The van der Waals surface area contributed by atoms with Crippen molar-refractivity contribution in [1.82, 2.24) is 4.90 Å². The van der Waals surface area contributed by atoms with Gasteiger partial charge in [0.2, 0.25) is 5.91 Å². The van der Waals surface area contributed by atoms with Crippen molar-refractivity contribution >= 4 is 17.3 Å². The molecule has 4 heteroatoms. The van der Waals surface area contributed by atoms with Crippen LogP contribution in [0.15, 0.2) is 54.6 Å². The summed E-state index contributed by atoms with van der Waals surface area (Å²) in [7, 11) is 0. The highest BCUT2D eigenvalue weighted by Crippen LogP contribution is 2.23. The lowest BCUT2D eigenvalue weighted by Crippen LogP contribution is -2.39. The maximum absolute atomic E-state index is 12.8. The summed E-state index contributed by atoms with van der Waals surface area (Å²) in [6.07, 6.45) is 2.00. The second-order valence-electron chi connectivity index (χ2n) is 6.82. The van der Waals surface area contributed by atoms with Gasteiger partial charge in [-0.15, -0.1) is 0 Å². The molecule has 2 aromatic rings. The van der Waals surface area contributed by atoms with Crippen LogP contribution in [0.2, 0.25) is 0 Å². The number of amides is 1. The second kappa shape index (κ2) is 8.86. The van der Waals surface area contributed by atoms with E-state index in [1.165, 1.54) is 11.3 Å². The van der Waals surface area contributed by atoms with E-state index in [-0.39, 0.29) is 11.9 Å². The fourth-order valence-electron chi connectivity index (χ4n) is 3.70. The van der Waals surface area contributed by atoms with E-state index in [9.17, 15) is 4.79 Å². The Morgan fingerprint density at radius 2 is 1.77 bits per heavy atom. The third-order valence-corrected chi connectivity index (χ3v) is 5.16. The lowest BCUT2D eigenvalue weighted by molar-refractivity contribution is -0.120. The van der Waals surface area contributed by atoms with Crippen molar-refractivity contribution in [1.29, 1.82) is 0 Å². The number of hydrogen-bond donors (Lipinski definition) is 1. The van der Waals surface area contributed by atoms with Gasteiger partial charge >= 0.3 is 0 Å². The van der Waals surface area contributed by atoms with Gasteiger partial charge in [0.05, 0.1) is 6.04 Å². The Morgan fingerprint density at radius 1 is 1.08 bits per heavy atom. The molecule has 0 radical (unpaired) electrons. The Balaban J connectivity index is 1.61. The van der Waals surface area contributed by atoms with Gasteiger partial charge in [-0.05, 0) is 63.1 Å². The van der Waals surface area contributed by atoms with E-state index < -0.39 is 0 Å². The van der Waals surface area contributed by atoms with Crippen molar-refractivity contribution in [2.24, 2.45) is 0 Å². The van der Waals surface area contributed by atoms with E-state index in [1.807, 2.05) is 18.2 Å². The number of carbonyl (C=O) groups is 1. The average molecular weight is 351 g/mol. The van der Waals surface area contributed by atoms with Crippen LogP contribution in [0.5, 0.6) is 0 Å². The monoisotopic (exact) mass is 351 g/mol. The number of anilines is 2. The molecule has 4 nitrogen and oxygen atoms in total. The van der Waals surface area contributed by atoms with E-state index in [0.717, 1.165) is 44.7 Å². The van der Waals surface area contributed by atoms with Crippen LogP contribution < -0.4 is 10.2 Å². The van der Waals surface area contributed by atoms with Crippen LogP contribution >= 0.6 is 0 Å². The predicted molar refractivity (Wildman–Crippen MR) is 109 cm³/mol. The smallest absolute Gasteiger partial charge is 0.241 e. The predicted octanol–water partition coefficient (Wildman–Crippen LogP) is 4.14. The second-order valence-corrected chi connectivity index (χ2v) is 6.82. The van der Waals surface area contributed by atoms with Gasteiger partial charge in [-0.3, -0.25) is 9.69 Å². The van der Waals surface area contributed by atoms with Gasteiger partial charge in [0.1, 0.15) is 0 Å². The molecular weight excluding hydrogens is 322 g/mol. The average Bonchev–Trinajstić information content (AvgIpc) is 3.13. The fraction of sp³-hybridized carbons (Fsp3) is 0.409. The molecule has 1 aliphatic heterocycles. The Morgan fingerprint density at radius 3 is 2.42 bits per heavy atom. The van der Waals surface area contributed by atoms with E-state index in [1.54, 1.807) is 0 Å². The lowest BCUT2D eigenvalue weighted by Gasteiger charge is -2.24. The van der Waals surface area contributed by atoms with Crippen LogP contribution in [0.1, 0.15) is 32.3 Å². The van der Waals surface area contributed by atoms with E-state index in [4.69, 9.17) is 0 Å². The number of benzene rings is 2. The first-order valence-electron chi connectivity index (χ1n) is 9.65. The summed E-state index contributed by atoms with van der Waals surface area (Å²) < 4.78 is 0. The first-order valence-corrected chi connectivity index (χ1v) is 9.65. The van der Waals surface area contributed by atoms with Crippen LogP contribution in [0, 0.1) is 0 Å². The number of nitrogens with one attached hydrogen (secondary N) is 1. The zero-order valence-electron chi connectivity index (χ0n) is 15.8. The summed E-state index contributed by atoms with van der Waals surface area (Å²) in [5.74, 6) is 0.106. The molecule has 1 heterocycles. The van der Waals surface area contributed by atoms with Crippen LogP contribution in [0.25, 0.3) is 0 Å². The summed E-state index contributed by atoms with van der Waals surface area (Å²) in [4.78, 5) is 17.4. The summed E-state index contributed by atoms with van der Waals surface area (Å²) in [5.41, 5.74) is 3.33. The van der Waals surface area contributed by atoms with Crippen LogP contribution in [-0.2, 0) is 11.3 Å². The summed E-state index contributed by atoms with van der Waals surface area (Å²) in [6, 6.07) is 18.5. The minimum absolute atomic E-state index is 0.0438. The van der Waals surface area contributed by atoms with Crippen molar-refractivity contribution in [2.45, 2.75) is 39.3 Å². The number of carbonyl (C=O) groups excluding carboxylic acids is 1. The molecular formula is C22H29N3O. The fourth-order valence-corrected chi connectivity index (χ4v) is 3.70. The summed E-state index contributed by atoms with van der Waals surface area (Å²) in [5, 5.41) is 3.10. The first-order chi connectivity index (χ1) is 12.7. The van der Waals surface area contributed by atoms with Gasteiger partial charge in [-0.25, -0.2) is 0 Å². The molecule has 1 aliphatic rings. The maximum Gasteiger partial charge on any atom is 0.241 e. The topological polar surface area (TPSA) is 35.6 Å². The summed E-state index contributed by atoms with van der Waals surface area (Å²) >= 11 is 0. The SMILES string of the molecule is CCN(CC)c1ccc(NC(=O)C2CCCN2Cc2ccccc2)cc1. The van der Waals surface area contributed by atoms with E-state index in [0.29, 0.717) is 0 Å². The highest BCUT2D eigenvalue weighted by atomic mass is 16.2. The molecule has 138 valence electrons. The van der Waals surface area contributed by atoms with Crippen molar-refractivity contribution < 1.29 is 4.79 Å². The van der Waals surface area contributed by atoms with Crippen LogP contribution in [0.3, 0.4) is 0 Å². The molecule has 0 aliphatic carbocycles. The quantitative estimate of drug-likeness (QED) is 0.814. The van der Waals surface area contributed by atoms with Crippen molar-refractivity contribution in [3.8, 4) is 0 Å². The molecule has 26 heavy (non-hydrogen) atoms. The number of rotatable bonds is 7. The van der Waals surface area contributed by atoms with Gasteiger partial charge in [0.15, 0.2) is 0 Å². The molecule has 1 unspecified atom stereocenters. The zero-order valence-corrected chi connectivity index (χ0v) is 15.8. The van der Waals surface area contributed by atoms with Gasteiger partial charge < -0.3 is 10.2 Å². The molecule has 1 amide bonds. The minimum atomic E-state index is -0.0438. The highest BCUT2D eigenvalue weighted by Gasteiger charge is 2.30. The zero-order chi connectivity index (χ0) is 18.4. The van der Waals surface area contributed by atoms with Gasteiger partial charge in [-0.2, -0.15) is 0 Å². The van der Waals surface area contributed by atoms with Gasteiger partial charge in [-0.1, -0.05) is 30.3 Å². The molecule has 3 rings (SSSR count). The molecule has 2 aromatic carbocycles.